The van der Waals surface area contributed by atoms with Crippen LogP contribution in [0, 0.1) is 0 Å². The molecule has 0 bridgehead atoms. The molecule has 0 aliphatic heterocycles. The van der Waals surface area contributed by atoms with Crippen molar-refractivity contribution in [3.8, 4) is 33.4 Å². The largest absolute Gasteiger partial charge is 0.247 e. The van der Waals surface area contributed by atoms with E-state index in [-0.39, 0.29) is 0 Å². The zero-order valence-electron chi connectivity index (χ0n) is 27.6. The van der Waals surface area contributed by atoms with Crippen LogP contribution in [0.4, 0.5) is 11.4 Å². The van der Waals surface area contributed by atoms with Crippen LogP contribution in [0.3, 0.4) is 0 Å². The number of halogens is 3. The third kappa shape index (κ3) is 5.77. The Morgan fingerprint density at radius 1 is 0.308 bits per heavy atom. The van der Waals surface area contributed by atoms with E-state index in [1.165, 1.54) is 33.0 Å². The molecular formula is C46H28Cl3CrN2. The molecule has 8 aromatic rings. The molecule has 0 N–H and O–H groups in total. The maximum atomic E-state index is 5.59. The Labute approximate surface area is 319 Å². The van der Waals surface area contributed by atoms with Crippen LogP contribution in [-0.2, 0) is 11.4 Å². The zero-order valence-corrected chi connectivity index (χ0v) is 31.1. The molecule has 0 spiro atoms. The molecule has 0 unspecified atom stereocenters. The summed E-state index contributed by atoms with van der Waals surface area (Å²) in [6, 6.07) is 60.5. The van der Waals surface area contributed by atoms with Crippen molar-refractivity contribution in [3.05, 3.63) is 192 Å². The smallest absolute Gasteiger partial charge is 0.0794 e. The van der Waals surface area contributed by atoms with Crippen LogP contribution in [0.5, 0.6) is 0 Å². The molecule has 2 nitrogen and oxygen atoms in total. The number of hydrogen-bond acceptors (Lipinski definition) is 2. The van der Waals surface area contributed by atoms with Crippen molar-refractivity contribution < 1.29 is 11.4 Å². The summed E-state index contributed by atoms with van der Waals surface area (Å²) < 4.78 is 0. The van der Waals surface area contributed by atoms with Gasteiger partial charge in [-0.25, -0.2) is 9.98 Å². The predicted octanol–water partition coefficient (Wildman–Crippen LogP) is 14.0. The Balaban J connectivity index is 0.000000859. The van der Waals surface area contributed by atoms with Crippen molar-refractivity contribution >= 4 is 74.5 Å². The molecule has 0 fully saturated rings. The molecule has 0 atom stereocenters. The molecule has 6 heteroatoms. The van der Waals surface area contributed by atoms with Gasteiger partial charge in [-0.15, -0.1) is 0 Å². The number of rotatable bonds is 3. The van der Waals surface area contributed by atoms with Crippen LogP contribution in [0.25, 0.3) is 54.9 Å². The molecule has 0 radical (unpaired) electrons. The van der Waals surface area contributed by atoms with E-state index in [4.69, 9.17) is 40.1 Å². The molecule has 0 amide bonds. The van der Waals surface area contributed by atoms with Crippen LogP contribution >= 0.6 is 30.1 Å². The van der Waals surface area contributed by atoms with Gasteiger partial charge in [-0.1, -0.05) is 158 Å². The van der Waals surface area contributed by atoms with Gasteiger partial charge in [0.2, 0.25) is 0 Å². The van der Waals surface area contributed by atoms with Crippen LogP contribution in [-0.4, -0.2) is 11.4 Å². The van der Waals surface area contributed by atoms with Crippen molar-refractivity contribution in [2.24, 2.45) is 9.98 Å². The molecule has 0 aromatic heterocycles. The molecule has 249 valence electrons. The summed E-state index contributed by atoms with van der Waals surface area (Å²) in [6.07, 6.45) is 0. The second-order valence-corrected chi connectivity index (χ2v) is 19.0. The molecular weight excluding hydrogens is 739 g/mol. The number of fused-ring (bicyclic) bond motifs is 8. The maximum absolute atomic E-state index is 5.59. The van der Waals surface area contributed by atoms with Crippen LogP contribution < -0.4 is 0 Å². The van der Waals surface area contributed by atoms with E-state index < -0.39 is 11.4 Å². The van der Waals surface area contributed by atoms with Crippen molar-refractivity contribution in [3.63, 3.8) is 0 Å². The van der Waals surface area contributed by atoms with E-state index in [1.807, 2.05) is 0 Å². The van der Waals surface area contributed by atoms with Crippen LogP contribution in [0.2, 0.25) is 0 Å². The molecule has 2 aliphatic carbocycles. The standard InChI is InChI=1S/C46H28N2.3ClH.Cr/c1-3-15-31-29(13-1)25-27-41(47-45-37-21-9-5-17-33(37)34-18-6-10-22-38(34)45)43(31)44-32-16-4-2-14-30(32)26-28-42(44)48-46-39-23-11-7-19-35(39)36-20-8-12-24-40(36)46;;;;/h1-28H;3*1H;/q;;;;+3/p-3. The summed E-state index contributed by atoms with van der Waals surface area (Å²) in [5.74, 6) is 0. The van der Waals surface area contributed by atoms with Gasteiger partial charge >= 0.3 is 41.5 Å². The summed E-state index contributed by atoms with van der Waals surface area (Å²) in [5.41, 5.74) is 15.6. The first-order chi connectivity index (χ1) is 25.6. The molecule has 52 heavy (non-hydrogen) atoms. The number of nitrogens with zero attached hydrogens (tertiary/aromatic N) is 2. The third-order valence-corrected chi connectivity index (χ3v) is 9.84. The van der Waals surface area contributed by atoms with Crippen molar-refractivity contribution in [2.75, 3.05) is 0 Å². The molecule has 0 saturated heterocycles. The van der Waals surface area contributed by atoms with E-state index in [2.05, 4.69) is 170 Å². The Morgan fingerprint density at radius 2 is 0.577 bits per heavy atom. The van der Waals surface area contributed by atoms with Gasteiger partial charge in [-0.05, 0) is 55.9 Å². The van der Waals surface area contributed by atoms with E-state index in [0.29, 0.717) is 0 Å². The van der Waals surface area contributed by atoms with E-state index >= 15 is 0 Å². The minimum Gasteiger partial charge on any atom is -0.247 e. The normalized spacial score (nSPS) is 12.2. The molecule has 2 aliphatic rings. The van der Waals surface area contributed by atoms with Crippen molar-refractivity contribution in [2.45, 2.75) is 0 Å². The van der Waals surface area contributed by atoms with E-state index in [1.54, 1.807) is 0 Å². The van der Waals surface area contributed by atoms with Crippen molar-refractivity contribution in [1.29, 1.82) is 0 Å². The maximum Gasteiger partial charge on any atom is 0.0794 e. The summed E-state index contributed by atoms with van der Waals surface area (Å²) in [4.78, 5) is 11.2. The number of hydrogen-bond donors (Lipinski definition) is 0. The average Bonchev–Trinajstić information content (AvgIpc) is 3.67. The summed E-state index contributed by atoms with van der Waals surface area (Å²) in [7, 11) is 14.8. The molecule has 0 saturated carbocycles. The SMILES string of the molecule is [Cl][Cr]([Cl])[Cl].c1ccc2c(c1)C(=Nc1ccc3ccccc3c1-c1c(N=C3c4ccccc4-c4ccccc43)ccc3ccccc13)c1ccccc1-2. The quantitative estimate of drug-likeness (QED) is 0.171. The van der Waals surface area contributed by atoms with Gasteiger partial charge in [0.1, 0.15) is 0 Å². The summed E-state index contributed by atoms with van der Waals surface area (Å²) >= 11 is -1.62. The molecule has 10 rings (SSSR count). The van der Waals surface area contributed by atoms with Gasteiger partial charge in [0.25, 0.3) is 0 Å². The fourth-order valence-electron chi connectivity index (χ4n) is 7.70. The van der Waals surface area contributed by atoms with Crippen LogP contribution in [0.15, 0.2) is 180 Å². The second-order valence-electron chi connectivity index (χ2n) is 12.6. The van der Waals surface area contributed by atoms with E-state index in [9.17, 15) is 0 Å². The Bertz CT molecular complexity index is 2470. The van der Waals surface area contributed by atoms with Gasteiger partial charge in [0.05, 0.1) is 22.8 Å². The Hall–Kier alpha value is -4.98. The Kier molecular flexibility index (Phi) is 8.77. The van der Waals surface area contributed by atoms with Gasteiger partial charge in [0.15, 0.2) is 0 Å². The summed E-state index contributed by atoms with van der Waals surface area (Å²) in [6.45, 7) is 0. The number of benzene rings is 8. The van der Waals surface area contributed by atoms with Gasteiger partial charge in [-0.3, -0.25) is 0 Å². The monoisotopic (exact) mass is 765 g/mol. The first-order valence-electron chi connectivity index (χ1n) is 16.9. The van der Waals surface area contributed by atoms with Gasteiger partial charge in [0, 0.05) is 33.4 Å². The average molecular weight is 767 g/mol. The fourth-order valence-corrected chi connectivity index (χ4v) is 7.70. The fraction of sp³-hybridized carbons (Fsp3) is 0. The Morgan fingerprint density at radius 3 is 0.904 bits per heavy atom. The number of aliphatic imine (C=N–C) groups is 2. The van der Waals surface area contributed by atoms with E-state index in [0.717, 1.165) is 67.0 Å². The topological polar surface area (TPSA) is 24.7 Å². The first kappa shape index (κ1) is 32.9. The van der Waals surface area contributed by atoms with Gasteiger partial charge < -0.3 is 0 Å². The zero-order chi connectivity index (χ0) is 35.2. The second kappa shape index (κ2) is 13.9. The minimum absolute atomic E-state index is 0.931. The van der Waals surface area contributed by atoms with Crippen molar-refractivity contribution in [1.82, 2.24) is 0 Å². The summed E-state index contributed by atoms with van der Waals surface area (Å²) in [5, 5.41) is 4.66. The van der Waals surface area contributed by atoms with Crippen LogP contribution in [0.1, 0.15) is 22.3 Å². The third-order valence-electron chi connectivity index (χ3n) is 9.84. The minimum atomic E-state index is -1.62. The molecule has 8 aromatic carbocycles. The van der Waals surface area contributed by atoms with Gasteiger partial charge in [-0.2, -0.15) is 0 Å². The first-order valence-corrected chi connectivity index (χ1v) is 22.2. The predicted molar refractivity (Wildman–Crippen MR) is 219 cm³/mol. The molecule has 0 heterocycles.